The van der Waals surface area contributed by atoms with E-state index < -0.39 is 24.2 Å². The van der Waals surface area contributed by atoms with Gasteiger partial charge in [0.2, 0.25) is 11.8 Å². The third-order valence-electron chi connectivity index (χ3n) is 8.67. The molecule has 1 aliphatic heterocycles. The number of amides is 2. The Morgan fingerprint density at radius 3 is 2.60 bits per heavy atom. The van der Waals surface area contributed by atoms with E-state index in [0.29, 0.717) is 47.1 Å². The van der Waals surface area contributed by atoms with Gasteiger partial charge < -0.3 is 35.0 Å². The van der Waals surface area contributed by atoms with E-state index in [1.807, 2.05) is 0 Å². The second-order valence-electron chi connectivity index (χ2n) is 11.4. The van der Waals surface area contributed by atoms with E-state index in [1.165, 1.54) is 32.8 Å². The minimum Gasteiger partial charge on any atom is -0.493 e. The summed E-state index contributed by atoms with van der Waals surface area (Å²) in [5, 5.41) is 33.7. The van der Waals surface area contributed by atoms with Gasteiger partial charge in [-0.2, -0.15) is 0 Å². The number of benzene rings is 1. The number of fused-ring (bicyclic) bond motifs is 3. The van der Waals surface area contributed by atoms with Gasteiger partial charge in [-0.05, 0) is 42.5 Å². The minimum atomic E-state index is -1.07. The normalized spacial score (nSPS) is 23.7. The van der Waals surface area contributed by atoms with E-state index in [1.54, 1.807) is 23.1 Å². The van der Waals surface area contributed by atoms with E-state index in [4.69, 9.17) is 9.47 Å². The number of nitrogens with zero attached hydrogens (tertiary/aromatic N) is 1. The number of nitrogens with one attached hydrogen (secondary N) is 1. The molecule has 0 bridgehead atoms. The molecule has 2 aliphatic carbocycles. The van der Waals surface area contributed by atoms with Crippen molar-refractivity contribution in [2.24, 2.45) is 5.92 Å². The van der Waals surface area contributed by atoms with Crippen LogP contribution in [-0.4, -0.2) is 77.1 Å². The molecule has 2 amide bonds. The van der Waals surface area contributed by atoms with E-state index in [0.717, 1.165) is 32.1 Å². The molecular weight excluding hydrogens is 512 g/mol. The van der Waals surface area contributed by atoms with Crippen molar-refractivity contribution >= 4 is 11.8 Å². The van der Waals surface area contributed by atoms with Crippen molar-refractivity contribution in [2.75, 3.05) is 26.8 Å². The van der Waals surface area contributed by atoms with Crippen molar-refractivity contribution in [3.05, 3.63) is 34.9 Å². The molecular formula is C31H46N2O7. The fourth-order valence-corrected chi connectivity index (χ4v) is 6.54. The van der Waals surface area contributed by atoms with Crippen LogP contribution in [0.1, 0.15) is 88.2 Å². The van der Waals surface area contributed by atoms with Gasteiger partial charge in [0.15, 0.2) is 11.5 Å². The molecule has 9 nitrogen and oxygen atoms in total. The van der Waals surface area contributed by atoms with Gasteiger partial charge in [0, 0.05) is 30.6 Å². The molecule has 0 saturated heterocycles. The Hall–Kier alpha value is -2.62. The predicted molar refractivity (Wildman–Crippen MR) is 151 cm³/mol. The molecule has 1 heterocycles. The number of hydrogen-bond acceptors (Lipinski definition) is 7. The van der Waals surface area contributed by atoms with Crippen molar-refractivity contribution in [2.45, 2.75) is 102 Å². The van der Waals surface area contributed by atoms with Crippen LogP contribution in [0.5, 0.6) is 11.5 Å². The van der Waals surface area contributed by atoms with Gasteiger partial charge in [0.25, 0.3) is 0 Å². The summed E-state index contributed by atoms with van der Waals surface area (Å²) in [5.74, 6) is 0.415. The highest BCUT2D eigenvalue weighted by Crippen LogP contribution is 2.51. The second kappa shape index (κ2) is 14.3. The first-order chi connectivity index (χ1) is 19.4. The Morgan fingerprint density at radius 2 is 1.93 bits per heavy atom. The first-order valence-corrected chi connectivity index (χ1v) is 15.0. The smallest absolute Gasteiger partial charge is 0.247 e. The fraction of sp³-hybridized carbons (Fsp3) is 0.677. The van der Waals surface area contributed by atoms with E-state index in [-0.39, 0.29) is 31.6 Å². The molecule has 4 N–H and O–H groups in total. The number of rotatable bonds is 14. The number of ether oxygens (including phenoxy) is 2. The largest absolute Gasteiger partial charge is 0.493 e. The van der Waals surface area contributed by atoms with Crippen molar-refractivity contribution in [3.8, 4) is 11.5 Å². The van der Waals surface area contributed by atoms with Gasteiger partial charge in [-0.15, -0.1) is 0 Å². The molecule has 222 valence electrons. The zero-order chi connectivity index (χ0) is 28.6. The van der Waals surface area contributed by atoms with Crippen molar-refractivity contribution in [3.63, 3.8) is 0 Å². The molecule has 4 atom stereocenters. The van der Waals surface area contributed by atoms with Crippen LogP contribution in [0.4, 0.5) is 0 Å². The number of hydrogen-bond donors (Lipinski definition) is 4. The number of aliphatic hydroxyl groups is 3. The van der Waals surface area contributed by atoms with Gasteiger partial charge in [0.1, 0.15) is 12.2 Å². The fourth-order valence-electron chi connectivity index (χ4n) is 6.54. The summed E-state index contributed by atoms with van der Waals surface area (Å²) in [6.07, 6.45) is 9.81. The highest BCUT2D eigenvalue weighted by molar-refractivity contribution is 5.96. The van der Waals surface area contributed by atoms with Crippen LogP contribution < -0.4 is 14.8 Å². The summed E-state index contributed by atoms with van der Waals surface area (Å²) in [7, 11) is 1.51. The number of aliphatic hydroxyl groups excluding tert-OH is 3. The number of methoxy groups -OCH3 is 1. The van der Waals surface area contributed by atoms with Crippen LogP contribution in [0.2, 0.25) is 0 Å². The summed E-state index contributed by atoms with van der Waals surface area (Å²) < 4.78 is 11.8. The molecule has 1 saturated carbocycles. The van der Waals surface area contributed by atoms with Crippen LogP contribution in [0.15, 0.2) is 23.8 Å². The third kappa shape index (κ3) is 6.64. The van der Waals surface area contributed by atoms with Gasteiger partial charge in [-0.3, -0.25) is 9.59 Å². The van der Waals surface area contributed by atoms with E-state index in [9.17, 15) is 24.9 Å². The van der Waals surface area contributed by atoms with Crippen molar-refractivity contribution in [1.82, 2.24) is 10.2 Å². The molecule has 1 aromatic carbocycles. The quantitative estimate of drug-likeness (QED) is 0.258. The van der Waals surface area contributed by atoms with Crippen molar-refractivity contribution in [1.29, 1.82) is 0 Å². The molecule has 4 rings (SSSR count). The molecule has 4 unspecified atom stereocenters. The average molecular weight is 559 g/mol. The van der Waals surface area contributed by atoms with Gasteiger partial charge in [-0.25, -0.2) is 0 Å². The molecule has 40 heavy (non-hydrogen) atoms. The van der Waals surface area contributed by atoms with E-state index >= 15 is 0 Å². The summed E-state index contributed by atoms with van der Waals surface area (Å²) in [4.78, 5) is 28.9. The molecule has 0 spiro atoms. The second-order valence-corrected chi connectivity index (χ2v) is 11.4. The molecule has 3 aliphatic rings. The van der Waals surface area contributed by atoms with Gasteiger partial charge >= 0.3 is 0 Å². The standard InChI is InChI=1S/C31H46N2O7/c1-3-4-5-8-14-33(26(36)12-11-20-9-6-7-10-20)24-18-23(31(38)32-13-15-34)27-22-16-21(19-35)17-25(39-2)29(22)40-30(27)28(24)37/h16-18,20,24,27-28,30,34-35,37H,3-15,19H2,1-2H3,(H,32,38). The Labute approximate surface area is 237 Å². The van der Waals surface area contributed by atoms with E-state index in [2.05, 4.69) is 12.2 Å². The van der Waals surface area contributed by atoms with Crippen LogP contribution in [-0.2, 0) is 16.2 Å². The first-order valence-electron chi connectivity index (χ1n) is 15.0. The lowest BCUT2D eigenvalue weighted by Crippen LogP contribution is -2.56. The summed E-state index contributed by atoms with van der Waals surface area (Å²) in [5.41, 5.74) is 1.64. The maximum absolute atomic E-state index is 13.7. The lowest BCUT2D eigenvalue weighted by atomic mass is 9.77. The average Bonchev–Trinajstić information content (AvgIpc) is 3.63. The zero-order valence-corrected chi connectivity index (χ0v) is 23.9. The minimum absolute atomic E-state index is 0.00655. The summed E-state index contributed by atoms with van der Waals surface area (Å²) in [6.45, 7) is 2.28. The Bertz CT molecular complexity index is 1050. The lowest BCUT2D eigenvalue weighted by Gasteiger charge is -2.41. The van der Waals surface area contributed by atoms with Crippen molar-refractivity contribution < 1.29 is 34.4 Å². The first kappa shape index (κ1) is 30.3. The summed E-state index contributed by atoms with van der Waals surface area (Å²) >= 11 is 0. The van der Waals surface area contributed by atoms with Gasteiger partial charge in [-0.1, -0.05) is 51.9 Å². The Kier molecular flexibility index (Phi) is 10.9. The van der Waals surface area contributed by atoms with Crippen LogP contribution in [0, 0.1) is 5.92 Å². The monoisotopic (exact) mass is 558 g/mol. The number of carbonyl (C=O) groups excluding carboxylic acids is 2. The summed E-state index contributed by atoms with van der Waals surface area (Å²) in [6, 6.07) is 2.73. The highest BCUT2D eigenvalue weighted by atomic mass is 16.5. The Morgan fingerprint density at radius 1 is 1.15 bits per heavy atom. The molecule has 0 aromatic heterocycles. The molecule has 9 heteroatoms. The van der Waals surface area contributed by atoms with Crippen LogP contribution >= 0.6 is 0 Å². The molecule has 1 fully saturated rings. The predicted octanol–water partition coefficient (Wildman–Crippen LogP) is 3.19. The highest BCUT2D eigenvalue weighted by Gasteiger charge is 2.51. The number of unbranched alkanes of at least 4 members (excludes halogenated alkanes) is 3. The van der Waals surface area contributed by atoms with Crippen LogP contribution in [0.25, 0.3) is 0 Å². The maximum atomic E-state index is 13.7. The third-order valence-corrected chi connectivity index (χ3v) is 8.67. The SMILES string of the molecule is CCCCCCN(C(=O)CCC1CCCC1)C1C=C(C(=O)NCCO)C2c3cc(CO)cc(OC)c3OC2C1O. The molecule has 1 aromatic rings. The van der Waals surface area contributed by atoms with Gasteiger partial charge in [0.05, 0.1) is 32.3 Å². The maximum Gasteiger partial charge on any atom is 0.247 e. The topological polar surface area (TPSA) is 129 Å². The Balaban J connectivity index is 1.69. The van der Waals surface area contributed by atoms with Crippen LogP contribution in [0.3, 0.4) is 0 Å². The number of carbonyl (C=O) groups is 2. The molecule has 0 radical (unpaired) electrons. The lowest BCUT2D eigenvalue weighted by molar-refractivity contribution is -0.137. The zero-order valence-electron chi connectivity index (χ0n) is 23.9.